The van der Waals surface area contributed by atoms with Crippen molar-refractivity contribution in [1.29, 1.82) is 0 Å². The van der Waals surface area contributed by atoms with E-state index in [1.165, 1.54) is 0 Å². The number of hydrogen-bond acceptors (Lipinski definition) is 3. The lowest BCUT2D eigenvalue weighted by Gasteiger charge is -2.41. The van der Waals surface area contributed by atoms with Gasteiger partial charge in [-0.05, 0) is 38.5 Å². The molecule has 1 saturated carbocycles. The first-order valence-electron chi connectivity index (χ1n) is 6.62. The van der Waals surface area contributed by atoms with Crippen LogP contribution in [0.1, 0.15) is 46.0 Å². The van der Waals surface area contributed by atoms with Gasteiger partial charge in [0.05, 0.1) is 18.6 Å². The zero-order valence-corrected chi connectivity index (χ0v) is 10.7. The van der Waals surface area contributed by atoms with E-state index in [-0.39, 0.29) is 17.3 Å². The van der Waals surface area contributed by atoms with E-state index in [0.29, 0.717) is 13.0 Å². The molecule has 0 aliphatic heterocycles. The maximum Gasteiger partial charge on any atom is 0.313 e. The fraction of sp³-hybridized carbons (Fsp3) is 0.786. The molecule has 0 aromatic carbocycles. The lowest BCUT2D eigenvalue weighted by molar-refractivity contribution is -0.152. The van der Waals surface area contributed by atoms with Crippen molar-refractivity contribution in [3.05, 3.63) is 11.6 Å². The summed E-state index contributed by atoms with van der Waals surface area (Å²) in [5, 5.41) is 9.91. The van der Waals surface area contributed by atoms with Crippen molar-refractivity contribution in [2.24, 2.45) is 11.3 Å². The molecule has 0 bridgehead atoms. The molecule has 3 heteroatoms. The molecule has 0 aromatic heterocycles. The molecule has 2 atom stereocenters. The molecule has 1 spiro atoms. The van der Waals surface area contributed by atoms with Crippen LogP contribution in [0.3, 0.4) is 0 Å². The second kappa shape index (κ2) is 4.81. The van der Waals surface area contributed by atoms with Crippen molar-refractivity contribution in [3.63, 3.8) is 0 Å². The first-order valence-corrected chi connectivity index (χ1v) is 6.62. The summed E-state index contributed by atoms with van der Waals surface area (Å²) < 4.78 is 5.21. The SMILES string of the molecule is CCOC(=O)[C@H]1C(C)=C[C@@H](O)CC12CCCC2. The molecule has 1 N–H and O–H groups in total. The molecule has 2 rings (SSSR count). The Morgan fingerprint density at radius 3 is 2.76 bits per heavy atom. The van der Waals surface area contributed by atoms with E-state index in [9.17, 15) is 9.90 Å². The molecule has 0 aromatic rings. The molecule has 0 radical (unpaired) electrons. The number of carbonyl (C=O) groups excluding carboxylic acids is 1. The minimum absolute atomic E-state index is 0.0372. The van der Waals surface area contributed by atoms with Crippen LogP contribution < -0.4 is 0 Å². The second-order valence-electron chi connectivity index (χ2n) is 5.44. The van der Waals surface area contributed by atoms with Crippen LogP contribution in [0.15, 0.2) is 11.6 Å². The molecule has 0 amide bonds. The van der Waals surface area contributed by atoms with Crippen molar-refractivity contribution in [1.82, 2.24) is 0 Å². The maximum atomic E-state index is 12.1. The zero-order valence-electron chi connectivity index (χ0n) is 10.7. The Morgan fingerprint density at radius 1 is 1.53 bits per heavy atom. The molecule has 96 valence electrons. The van der Waals surface area contributed by atoms with Gasteiger partial charge in [-0.25, -0.2) is 0 Å². The van der Waals surface area contributed by atoms with Crippen LogP contribution in [0.4, 0.5) is 0 Å². The highest BCUT2D eigenvalue weighted by Crippen LogP contribution is 2.53. The van der Waals surface area contributed by atoms with Crippen molar-refractivity contribution in [2.75, 3.05) is 6.61 Å². The van der Waals surface area contributed by atoms with Crippen LogP contribution in [0, 0.1) is 11.3 Å². The summed E-state index contributed by atoms with van der Waals surface area (Å²) in [4.78, 5) is 12.1. The highest BCUT2D eigenvalue weighted by atomic mass is 16.5. The van der Waals surface area contributed by atoms with Crippen molar-refractivity contribution in [3.8, 4) is 0 Å². The largest absolute Gasteiger partial charge is 0.466 e. The van der Waals surface area contributed by atoms with E-state index in [2.05, 4.69) is 0 Å². The number of carbonyl (C=O) groups is 1. The molecule has 3 nitrogen and oxygen atoms in total. The third-order valence-electron chi connectivity index (χ3n) is 4.26. The van der Waals surface area contributed by atoms with E-state index in [4.69, 9.17) is 4.74 Å². The number of rotatable bonds is 2. The zero-order chi connectivity index (χ0) is 12.5. The van der Waals surface area contributed by atoms with Gasteiger partial charge in [0.1, 0.15) is 0 Å². The summed E-state index contributed by atoms with van der Waals surface area (Å²) in [7, 11) is 0. The normalized spacial score (nSPS) is 31.4. The molecular weight excluding hydrogens is 216 g/mol. The van der Waals surface area contributed by atoms with Gasteiger partial charge in [0, 0.05) is 0 Å². The van der Waals surface area contributed by atoms with E-state index >= 15 is 0 Å². The Hall–Kier alpha value is -0.830. The smallest absolute Gasteiger partial charge is 0.313 e. The van der Waals surface area contributed by atoms with Crippen LogP contribution >= 0.6 is 0 Å². The summed E-state index contributed by atoms with van der Waals surface area (Å²) >= 11 is 0. The van der Waals surface area contributed by atoms with Crippen molar-refractivity contribution in [2.45, 2.75) is 52.1 Å². The molecule has 0 heterocycles. The molecule has 2 aliphatic rings. The standard InChI is InChI=1S/C14H22O3/c1-3-17-13(16)12-10(2)8-11(15)9-14(12)6-4-5-7-14/h8,11-12,15H,3-7,9H2,1-2H3/t11-,12-/m1/s1. The Morgan fingerprint density at radius 2 is 2.18 bits per heavy atom. The van der Waals surface area contributed by atoms with Crippen LogP contribution in [-0.2, 0) is 9.53 Å². The van der Waals surface area contributed by atoms with E-state index < -0.39 is 6.10 Å². The quantitative estimate of drug-likeness (QED) is 0.593. The summed E-state index contributed by atoms with van der Waals surface area (Å²) in [6, 6.07) is 0. The third-order valence-corrected chi connectivity index (χ3v) is 4.26. The topological polar surface area (TPSA) is 46.5 Å². The number of esters is 1. The number of aliphatic hydroxyl groups is 1. The van der Waals surface area contributed by atoms with Crippen LogP contribution in [0.2, 0.25) is 0 Å². The summed E-state index contributed by atoms with van der Waals surface area (Å²) in [6.07, 6.45) is 6.56. The van der Waals surface area contributed by atoms with Crippen molar-refractivity contribution < 1.29 is 14.6 Å². The Bertz CT molecular complexity index is 326. The summed E-state index contributed by atoms with van der Waals surface area (Å²) in [5.74, 6) is -0.233. The number of hydrogen-bond donors (Lipinski definition) is 1. The molecule has 0 saturated heterocycles. The van der Waals surface area contributed by atoms with Gasteiger partial charge in [0.15, 0.2) is 0 Å². The van der Waals surface area contributed by atoms with Crippen LogP contribution in [-0.4, -0.2) is 23.8 Å². The lowest BCUT2D eigenvalue weighted by Crippen LogP contribution is -2.41. The lowest BCUT2D eigenvalue weighted by atomic mass is 9.64. The third kappa shape index (κ3) is 2.25. The summed E-state index contributed by atoms with van der Waals surface area (Å²) in [6.45, 7) is 4.22. The predicted molar refractivity (Wildman–Crippen MR) is 65.4 cm³/mol. The molecule has 1 fully saturated rings. The molecule has 2 aliphatic carbocycles. The van der Waals surface area contributed by atoms with Crippen LogP contribution in [0.5, 0.6) is 0 Å². The van der Waals surface area contributed by atoms with Gasteiger partial charge in [-0.1, -0.05) is 24.5 Å². The highest BCUT2D eigenvalue weighted by molar-refractivity contribution is 5.77. The Kier molecular flexibility index (Phi) is 3.57. The highest BCUT2D eigenvalue weighted by Gasteiger charge is 2.49. The number of aliphatic hydroxyl groups excluding tert-OH is 1. The van der Waals surface area contributed by atoms with E-state index in [1.807, 2.05) is 19.9 Å². The number of ether oxygens (including phenoxy) is 1. The second-order valence-corrected chi connectivity index (χ2v) is 5.44. The average Bonchev–Trinajstić information content (AvgIpc) is 2.65. The average molecular weight is 238 g/mol. The Balaban J connectivity index is 2.29. The van der Waals surface area contributed by atoms with E-state index in [0.717, 1.165) is 31.3 Å². The first kappa shape index (κ1) is 12.6. The Labute approximate surface area is 103 Å². The molecular formula is C14H22O3. The maximum absolute atomic E-state index is 12.1. The predicted octanol–water partition coefficient (Wildman–Crippen LogP) is 2.44. The van der Waals surface area contributed by atoms with Gasteiger partial charge in [-0.2, -0.15) is 0 Å². The van der Waals surface area contributed by atoms with Gasteiger partial charge in [0.2, 0.25) is 0 Å². The fourth-order valence-electron chi connectivity index (χ4n) is 3.71. The van der Waals surface area contributed by atoms with Crippen LogP contribution in [0.25, 0.3) is 0 Å². The van der Waals surface area contributed by atoms with Gasteiger partial charge in [0.25, 0.3) is 0 Å². The molecule has 17 heavy (non-hydrogen) atoms. The summed E-state index contributed by atoms with van der Waals surface area (Å²) in [5.41, 5.74) is 0.953. The van der Waals surface area contributed by atoms with Gasteiger partial charge < -0.3 is 9.84 Å². The van der Waals surface area contributed by atoms with Crippen molar-refractivity contribution >= 4 is 5.97 Å². The monoisotopic (exact) mass is 238 g/mol. The van der Waals surface area contributed by atoms with Gasteiger partial charge in [-0.15, -0.1) is 0 Å². The first-order chi connectivity index (χ1) is 8.09. The minimum Gasteiger partial charge on any atom is -0.466 e. The molecule has 0 unspecified atom stereocenters. The minimum atomic E-state index is -0.390. The van der Waals surface area contributed by atoms with Gasteiger partial charge >= 0.3 is 5.97 Å². The fourth-order valence-corrected chi connectivity index (χ4v) is 3.71. The van der Waals surface area contributed by atoms with E-state index in [1.54, 1.807) is 0 Å². The van der Waals surface area contributed by atoms with Gasteiger partial charge in [-0.3, -0.25) is 4.79 Å².